The van der Waals surface area contributed by atoms with Crippen LogP contribution in [0.5, 0.6) is 5.88 Å². The van der Waals surface area contributed by atoms with Crippen molar-refractivity contribution in [2.45, 2.75) is 45.5 Å². The van der Waals surface area contributed by atoms with Gasteiger partial charge in [0.2, 0.25) is 5.88 Å². The number of aromatic nitrogens is 1. The van der Waals surface area contributed by atoms with Crippen molar-refractivity contribution in [3.63, 3.8) is 0 Å². The summed E-state index contributed by atoms with van der Waals surface area (Å²) in [5.74, 6) is 0.116. The summed E-state index contributed by atoms with van der Waals surface area (Å²) in [5, 5.41) is 0. The van der Waals surface area contributed by atoms with E-state index in [0.29, 0.717) is 11.4 Å². The van der Waals surface area contributed by atoms with Crippen molar-refractivity contribution in [1.29, 1.82) is 0 Å². The maximum atomic E-state index is 13.6. The second-order valence-electron chi connectivity index (χ2n) is 6.90. The fraction of sp³-hybridized carbons (Fsp3) is 0.389. The fourth-order valence-electron chi connectivity index (χ4n) is 2.40. The third-order valence-corrected chi connectivity index (χ3v) is 4.62. The number of rotatable bonds is 4. The van der Waals surface area contributed by atoms with Gasteiger partial charge >= 0.3 is 7.12 Å². The van der Waals surface area contributed by atoms with Gasteiger partial charge < -0.3 is 14.0 Å². The van der Waals surface area contributed by atoms with Gasteiger partial charge in [0.15, 0.2) is 0 Å². The Morgan fingerprint density at radius 1 is 1.08 bits per heavy atom. The third kappa shape index (κ3) is 3.30. The molecule has 2 heterocycles. The molecule has 1 aliphatic heterocycles. The molecule has 0 spiro atoms. The molecule has 1 saturated heterocycles. The molecule has 2 aromatic rings. The molecule has 0 aliphatic carbocycles. The monoisotopic (exact) mass is 329 g/mol. The fourth-order valence-corrected chi connectivity index (χ4v) is 2.40. The third-order valence-electron chi connectivity index (χ3n) is 4.62. The molecule has 0 N–H and O–H groups in total. The number of hydrogen-bond donors (Lipinski definition) is 0. The Labute approximate surface area is 142 Å². The summed E-state index contributed by atoms with van der Waals surface area (Å²) in [7, 11) is -0.478. The maximum Gasteiger partial charge on any atom is 0.495 e. The molecule has 126 valence electrons. The lowest BCUT2D eigenvalue weighted by molar-refractivity contribution is 0.00578. The minimum Gasteiger partial charge on any atom is -0.473 e. The van der Waals surface area contributed by atoms with Gasteiger partial charge in [-0.05, 0) is 45.3 Å². The van der Waals surface area contributed by atoms with Crippen LogP contribution in [0.25, 0.3) is 0 Å². The van der Waals surface area contributed by atoms with Gasteiger partial charge in [0.05, 0.1) is 11.2 Å². The van der Waals surface area contributed by atoms with E-state index in [2.05, 4.69) is 4.98 Å². The molecule has 24 heavy (non-hydrogen) atoms. The Bertz CT molecular complexity index is 720. The summed E-state index contributed by atoms with van der Waals surface area (Å²) < 4.78 is 31.3. The van der Waals surface area contributed by atoms with Gasteiger partial charge in [-0.1, -0.05) is 18.2 Å². The van der Waals surface area contributed by atoms with E-state index in [4.69, 9.17) is 14.0 Å². The normalized spacial score (nSPS) is 18.6. The summed E-state index contributed by atoms with van der Waals surface area (Å²) in [6.45, 7) is 8.13. The van der Waals surface area contributed by atoms with Crippen LogP contribution in [-0.2, 0) is 15.9 Å². The number of halogens is 1. The van der Waals surface area contributed by atoms with E-state index in [1.54, 1.807) is 30.5 Å². The smallest absolute Gasteiger partial charge is 0.473 e. The molecule has 0 amide bonds. The number of nitrogens with zero attached hydrogens (tertiary/aromatic N) is 1. The Hall–Kier alpha value is -1.92. The maximum absolute atomic E-state index is 13.6. The topological polar surface area (TPSA) is 40.6 Å². The molecule has 0 saturated carbocycles. The first-order valence-electron chi connectivity index (χ1n) is 7.96. The van der Waals surface area contributed by atoms with Crippen molar-refractivity contribution in [3.8, 4) is 5.88 Å². The van der Waals surface area contributed by atoms with Crippen LogP contribution in [0, 0.1) is 5.82 Å². The number of benzene rings is 1. The van der Waals surface area contributed by atoms with Gasteiger partial charge in [-0.25, -0.2) is 9.37 Å². The molecule has 1 aliphatic rings. The Morgan fingerprint density at radius 3 is 2.42 bits per heavy atom. The number of ether oxygens (including phenoxy) is 1. The van der Waals surface area contributed by atoms with Crippen LogP contribution in [0.3, 0.4) is 0 Å². The van der Waals surface area contributed by atoms with E-state index >= 15 is 0 Å². The minimum absolute atomic E-state index is 0.118. The van der Waals surface area contributed by atoms with Crippen molar-refractivity contribution in [1.82, 2.24) is 4.98 Å². The Kier molecular flexibility index (Phi) is 4.36. The van der Waals surface area contributed by atoms with Crippen molar-refractivity contribution >= 4 is 12.6 Å². The molecule has 1 aromatic heterocycles. The van der Waals surface area contributed by atoms with Crippen LogP contribution in [0.2, 0.25) is 0 Å². The summed E-state index contributed by atoms with van der Waals surface area (Å²) in [6.07, 6.45) is 1.64. The lowest BCUT2D eigenvalue weighted by Gasteiger charge is -2.32. The molecule has 0 atom stereocenters. The molecule has 0 bridgehead atoms. The highest BCUT2D eigenvalue weighted by molar-refractivity contribution is 6.62. The van der Waals surface area contributed by atoms with Crippen molar-refractivity contribution in [3.05, 3.63) is 54.0 Å². The standard InChI is InChI=1S/C18H21BFNO3/c1-17(2)18(3,4)24-19(23-17)14-9-10-21-16(11-14)22-12-13-7-5-6-8-15(13)20/h5-11H,12H2,1-4H3. The highest BCUT2D eigenvalue weighted by Crippen LogP contribution is 2.36. The largest absolute Gasteiger partial charge is 0.495 e. The van der Waals surface area contributed by atoms with E-state index < -0.39 is 18.3 Å². The van der Waals surface area contributed by atoms with Crippen LogP contribution >= 0.6 is 0 Å². The van der Waals surface area contributed by atoms with Gasteiger partial charge in [-0.15, -0.1) is 0 Å². The van der Waals surface area contributed by atoms with Gasteiger partial charge in [0.25, 0.3) is 0 Å². The molecule has 1 aromatic carbocycles. The lowest BCUT2D eigenvalue weighted by atomic mass is 9.80. The van der Waals surface area contributed by atoms with E-state index in [9.17, 15) is 4.39 Å². The van der Waals surface area contributed by atoms with Gasteiger partial charge in [-0.2, -0.15) is 0 Å². The van der Waals surface area contributed by atoms with Gasteiger partial charge in [0, 0.05) is 17.8 Å². The minimum atomic E-state index is -0.478. The molecule has 0 radical (unpaired) electrons. The van der Waals surface area contributed by atoms with Crippen LogP contribution < -0.4 is 10.2 Å². The molecule has 0 unspecified atom stereocenters. The average molecular weight is 329 g/mol. The molecular weight excluding hydrogens is 308 g/mol. The summed E-state index contributed by atoms with van der Waals surface area (Å²) in [4.78, 5) is 4.17. The molecular formula is C18H21BFNO3. The average Bonchev–Trinajstić information content (AvgIpc) is 2.75. The zero-order valence-corrected chi connectivity index (χ0v) is 14.4. The van der Waals surface area contributed by atoms with E-state index in [0.717, 1.165) is 5.46 Å². The molecule has 4 nitrogen and oxygen atoms in total. The highest BCUT2D eigenvalue weighted by Gasteiger charge is 2.51. The van der Waals surface area contributed by atoms with E-state index in [1.807, 2.05) is 33.8 Å². The number of hydrogen-bond acceptors (Lipinski definition) is 4. The molecule has 3 rings (SSSR count). The van der Waals surface area contributed by atoms with Crippen LogP contribution in [0.15, 0.2) is 42.6 Å². The van der Waals surface area contributed by atoms with Gasteiger partial charge in [-0.3, -0.25) is 0 Å². The number of pyridine rings is 1. The first-order valence-corrected chi connectivity index (χ1v) is 7.96. The second-order valence-corrected chi connectivity index (χ2v) is 6.90. The SMILES string of the molecule is CC1(C)OB(c2ccnc(OCc3ccccc3F)c2)OC1(C)C. The van der Waals surface area contributed by atoms with Crippen LogP contribution in [0.1, 0.15) is 33.3 Å². The summed E-state index contributed by atoms with van der Waals surface area (Å²) in [5.41, 5.74) is 0.497. The Morgan fingerprint density at radius 2 is 1.75 bits per heavy atom. The van der Waals surface area contributed by atoms with Crippen LogP contribution in [-0.4, -0.2) is 23.3 Å². The lowest BCUT2D eigenvalue weighted by Crippen LogP contribution is -2.41. The van der Waals surface area contributed by atoms with Crippen molar-refractivity contribution < 1.29 is 18.4 Å². The van der Waals surface area contributed by atoms with E-state index in [1.165, 1.54) is 6.07 Å². The predicted molar refractivity (Wildman–Crippen MR) is 90.7 cm³/mol. The van der Waals surface area contributed by atoms with E-state index in [-0.39, 0.29) is 12.4 Å². The zero-order chi connectivity index (χ0) is 17.4. The van der Waals surface area contributed by atoms with Gasteiger partial charge in [0.1, 0.15) is 12.4 Å². The first kappa shape index (κ1) is 16.9. The van der Waals surface area contributed by atoms with Crippen LogP contribution in [0.4, 0.5) is 4.39 Å². The molecule has 1 fully saturated rings. The summed E-state index contributed by atoms with van der Waals surface area (Å²) in [6, 6.07) is 10.1. The molecule has 6 heteroatoms. The summed E-state index contributed by atoms with van der Waals surface area (Å²) >= 11 is 0. The highest BCUT2D eigenvalue weighted by atomic mass is 19.1. The zero-order valence-electron chi connectivity index (χ0n) is 14.4. The van der Waals surface area contributed by atoms with Crippen molar-refractivity contribution in [2.24, 2.45) is 0 Å². The second kappa shape index (κ2) is 6.18. The van der Waals surface area contributed by atoms with Crippen molar-refractivity contribution in [2.75, 3.05) is 0 Å². The predicted octanol–water partition coefficient (Wildman–Crippen LogP) is 3.10. The Balaban J connectivity index is 1.72. The quantitative estimate of drug-likeness (QED) is 0.808. The first-order chi connectivity index (χ1) is 11.3.